The molecule has 1 saturated heterocycles. The number of ether oxygens (including phenoxy) is 1. The Morgan fingerprint density at radius 2 is 2.10 bits per heavy atom. The van der Waals surface area contributed by atoms with Gasteiger partial charge in [-0.25, -0.2) is 0 Å². The van der Waals surface area contributed by atoms with E-state index in [0.29, 0.717) is 0 Å². The van der Waals surface area contributed by atoms with Gasteiger partial charge in [-0.3, -0.25) is 0 Å². The van der Waals surface area contributed by atoms with Crippen LogP contribution in [0.1, 0.15) is 13.3 Å². The maximum atomic E-state index is 8.79. The van der Waals surface area contributed by atoms with Gasteiger partial charge in [-0.1, -0.05) is 0 Å². The predicted molar refractivity (Wildman–Crippen MR) is 36.6 cm³/mol. The van der Waals surface area contributed by atoms with Gasteiger partial charge < -0.3 is 14.9 Å². The molecule has 0 aromatic rings. The summed E-state index contributed by atoms with van der Waals surface area (Å²) in [5.74, 6) is 0.220. The van der Waals surface area contributed by atoms with E-state index in [4.69, 9.17) is 14.9 Å². The summed E-state index contributed by atoms with van der Waals surface area (Å²) in [6, 6.07) is 0. The Kier molecular flexibility index (Phi) is 2.65. The van der Waals surface area contributed by atoms with Crippen LogP contribution in [0, 0.1) is 5.92 Å². The smallest absolute Gasteiger partial charge is 0.0814 e. The standard InChI is InChI=1S/C7H14O3/c1-5-6(3-8)2-7(4-9)10-5/h5-9H,2-4H2,1H3/t5-,6+,7-/m0/s1. The van der Waals surface area contributed by atoms with E-state index in [0.717, 1.165) is 6.42 Å². The van der Waals surface area contributed by atoms with Crippen molar-refractivity contribution in [3.05, 3.63) is 0 Å². The minimum atomic E-state index is -0.0489. The van der Waals surface area contributed by atoms with Gasteiger partial charge >= 0.3 is 0 Å². The fraction of sp³-hybridized carbons (Fsp3) is 1.00. The Hall–Kier alpha value is -0.120. The number of hydrogen-bond donors (Lipinski definition) is 2. The maximum absolute atomic E-state index is 8.79. The summed E-state index contributed by atoms with van der Waals surface area (Å²) < 4.78 is 5.30. The van der Waals surface area contributed by atoms with Crippen molar-refractivity contribution >= 4 is 0 Å². The molecule has 0 aliphatic carbocycles. The third-order valence-corrected chi connectivity index (χ3v) is 2.07. The Bertz CT molecular complexity index is 105. The number of aliphatic hydroxyl groups excluding tert-OH is 2. The van der Waals surface area contributed by atoms with Crippen molar-refractivity contribution in [1.29, 1.82) is 0 Å². The number of rotatable bonds is 2. The molecule has 0 aromatic carbocycles. The van der Waals surface area contributed by atoms with Gasteiger partial charge in [0.05, 0.1) is 18.8 Å². The van der Waals surface area contributed by atoms with E-state index >= 15 is 0 Å². The summed E-state index contributed by atoms with van der Waals surface area (Å²) in [7, 11) is 0. The summed E-state index contributed by atoms with van der Waals surface area (Å²) in [5.41, 5.74) is 0. The Morgan fingerprint density at radius 3 is 2.40 bits per heavy atom. The molecule has 0 amide bonds. The SMILES string of the molecule is C[C@@H]1O[C@H](CO)C[C@@H]1CO. The monoisotopic (exact) mass is 146 g/mol. The third kappa shape index (κ3) is 1.48. The van der Waals surface area contributed by atoms with Crippen molar-refractivity contribution in [2.45, 2.75) is 25.6 Å². The van der Waals surface area contributed by atoms with E-state index in [9.17, 15) is 0 Å². The van der Waals surface area contributed by atoms with Crippen LogP contribution in [0.3, 0.4) is 0 Å². The van der Waals surface area contributed by atoms with Crippen molar-refractivity contribution in [3.63, 3.8) is 0 Å². The molecule has 3 heteroatoms. The second-order valence-corrected chi connectivity index (χ2v) is 2.82. The van der Waals surface area contributed by atoms with E-state index < -0.39 is 0 Å². The van der Waals surface area contributed by atoms with E-state index in [1.165, 1.54) is 0 Å². The lowest BCUT2D eigenvalue weighted by Crippen LogP contribution is -2.14. The normalized spacial score (nSPS) is 40.5. The quantitative estimate of drug-likeness (QED) is 0.565. The van der Waals surface area contributed by atoms with Crippen molar-refractivity contribution in [2.75, 3.05) is 13.2 Å². The molecule has 0 radical (unpaired) electrons. The Labute approximate surface area is 60.6 Å². The van der Waals surface area contributed by atoms with Gasteiger partial charge in [-0.2, -0.15) is 0 Å². The zero-order valence-electron chi connectivity index (χ0n) is 6.16. The minimum Gasteiger partial charge on any atom is -0.396 e. The molecule has 0 spiro atoms. The molecular weight excluding hydrogens is 132 g/mol. The number of hydrogen-bond acceptors (Lipinski definition) is 3. The molecule has 60 valence electrons. The highest BCUT2D eigenvalue weighted by Crippen LogP contribution is 2.25. The van der Waals surface area contributed by atoms with E-state index in [1.54, 1.807) is 0 Å². The third-order valence-electron chi connectivity index (χ3n) is 2.07. The molecule has 10 heavy (non-hydrogen) atoms. The molecule has 1 aliphatic rings. The van der Waals surface area contributed by atoms with Crippen molar-refractivity contribution < 1.29 is 14.9 Å². The van der Waals surface area contributed by atoms with Crippen LogP contribution in [-0.4, -0.2) is 35.6 Å². The molecular formula is C7H14O3. The fourth-order valence-electron chi connectivity index (χ4n) is 1.34. The van der Waals surface area contributed by atoms with E-state index in [2.05, 4.69) is 0 Å². The van der Waals surface area contributed by atoms with Gasteiger partial charge in [-0.05, 0) is 13.3 Å². The summed E-state index contributed by atoms with van der Waals surface area (Å²) in [5, 5.41) is 17.5. The predicted octanol–water partition coefficient (Wildman–Crippen LogP) is -0.235. The summed E-state index contributed by atoms with van der Waals surface area (Å²) in [6.45, 7) is 2.16. The van der Waals surface area contributed by atoms with Crippen LogP contribution in [0.2, 0.25) is 0 Å². The van der Waals surface area contributed by atoms with Crippen LogP contribution in [-0.2, 0) is 4.74 Å². The summed E-state index contributed by atoms with van der Waals surface area (Å²) >= 11 is 0. The second kappa shape index (κ2) is 3.32. The minimum absolute atomic E-state index is 0.0489. The van der Waals surface area contributed by atoms with Crippen molar-refractivity contribution in [2.24, 2.45) is 5.92 Å². The summed E-state index contributed by atoms with van der Waals surface area (Å²) in [4.78, 5) is 0. The van der Waals surface area contributed by atoms with Gasteiger partial charge in [0.15, 0.2) is 0 Å². The first-order valence-corrected chi connectivity index (χ1v) is 3.65. The van der Waals surface area contributed by atoms with Gasteiger partial charge in [0, 0.05) is 12.5 Å². The van der Waals surface area contributed by atoms with Crippen LogP contribution in [0.4, 0.5) is 0 Å². The van der Waals surface area contributed by atoms with Gasteiger partial charge in [0.1, 0.15) is 0 Å². The van der Waals surface area contributed by atoms with E-state index in [1.807, 2.05) is 6.92 Å². The molecule has 1 aliphatic heterocycles. The van der Waals surface area contributed by atoms with Crippen LogP contribution >= 0.6 is 0 Å². The lowest BCUT2D eigenvalue weighted by atomic mass is 10.0. The number of aliphatic hydroxyl groups is 2. The highest BCUT2D eigenvalue weighted by atomic mass is 16.5. The Balaban J connectivity index is 2.36. The largest absolute Gasteiger partial charge is 0.396 e. The fourth-order valence-corrected chi connectivity index (χ4v) is 1.34. The molecule has 1 rings (SSSR count). The maximum Gasteiger partial charge on any atom is 0.0814 e. The van der Waals surface area contributed by atoms with Crippen LogP contribution in [0.15, 0.2) is 0 Å². The molecule has 2 N–H and O–H groups in total. The van der Waals surface area contributed by atoms with Crippen LogP contribution in [0.25, 0.3) is 0 Å². The lowest BCUT2D eigenvalue weighted by Gasteiger charge is -2.08. The molecule has 0 saturated carbocycles. The molecule has 3 nitrogen and oxygen atoms in total. The zero-order chi connectivity index (χ0) is 7.56. The van der Waals surface area contributed by atoms with Gasteiger partial charge in [0.25, 0.3) is 0 Å². The second-order valence-electron chi connectivity index (χ2n) is 2.82. The molecule has 0 aromatic heterocycles. The van der Waals surface area contributed by atoms with Crippen molar-refractivity contribution in [3.8, 4) is 0 Å². The van der Waals surface area contributed by atoms with Gasteiger partial charge in [0.2, 0.25) is 0 Å². The molecule has 0 unspecified atom stereocenters. The highest BCUT2D eigenvalue weighted by molar-refractivity contribution is 4.78. The molecule has 1 fully saturated rings. The van der Waals surface area contributed by atoms with Crippen LogP contribution in [0.5, 0.6) is 0 Å². The average molecular weight is 146 g/mol. The van der Waals surface area contributed by atoms with E-state index in [-0.39, 0.29) is 31.3 Å². The first-order valence-electron chi connectivity index (χ1n) is 3.65. The van der Waals surface area contributed by atoms with Crippen LogP contribution < -0.4 is 0 Å². The first kappa shape index (κ1) is 7.98. The lowest BCUT2D eigenvalue weighted by molar-refractivity contribution is 0.00999. The topological polar surface area (TPSA) is 49.7 Å². The zero-order valence-corrected chi connectivity index (χ0v) is 6.16. The van der Waals surface area contributed by atoms with Crippen molar-refractivity contribution in [1.82, 2.24) is 0 Å². The molecule has 1 heterocycles. The van der Waals surface area contributed by atoms with Gasteiger partial charge in [-0.15, -0.1) is 0 Å². The average Bonchev–Trinajstić information content (AvgIpc) is 2.30. The molecule has 3 atom stereocenters. The summed E-state index contributed by atoms with van der Waals surface area (Å²) in [6.07, 6.45) is 0.836. The highest BCUT2D eigenvalue weighted by Gasteiger charge is 2.30. The first-order chi connectivity index (χ1) is 4.77. The molecule has 0 bridgehead atoms. The Morgan fingerprint density at radius 1 is 1.40 bits per heavy atom.